The van der Waals surface area contributed by atoms with Crippen LogP contribution in [0.1, 0.15) is 46.4 Å². The number of benzene rings is 2. The van der Waals surface area contributed by atoms with Crippen LogP contribution >= 0.6 is 11.8 Å². The van der Waals surface area contributed by atoms with Gasteiger partial charge in [-0.25, -0.2) is 0 Å². The summed E-state index contributed by atoms with van der Waals surface area (Å²) in [5.74, 6) is 1.16. The standard InChI is InChI=1S/C29H30N2O8S/c1-5-38-27-20-9-11-23(30-29(33)18-8-6-7-17(13-18)16-39-31(34)35)22-14-24(32)26(40-4)12-10-19(22)21(20)15-25(36-2)28(27)37-3/h6-8,10,12-15,23H,5,9,11,16H2,1-4H3,(H,30,33)/t23-/m0/s1. The molecule has 0 heterocycles. The van der Waals surface area contributed by atoms with Crippen LogP contribution in [0.2, 0.25) is 0 Å². The van der Waals surface area contributed by atoms with Crippen molar-refractivity contribution in [3.05, 3.63) is 91.1 Å². The highest BCUT2D eigenvalue weighted by Gasteiger charge is 2.29. The Morgan fingerprint density at radius 1 is 1.10 bits per heavy atom. The number of amides is 1. The number of carbonyl (C=O) groups excluding carboxylic acids is 1. The van der Waals surface area contributed by atoms with Crippen molar-refractivity contribution < 1.29 is 28.9 Å². The molecule has 0 saturated heterocycles. The average Bonchev–Trinajstić information content (AvgIpc) is 3.20. The third-order valence-electron chi connectivity index (χ3n) is 6.66. The van der Waals surface area contributed by atoms with Gasteiger partial charge in [-0.15, -0.1) is 21.9 Å². The van der Waals surface area contributed by atoms with Crippen LogP contribution in [0.4, 0.5) is 0 Å². The summed E-state index contributed by atoms with van der Waals surface area (Å²) in [4.78, 5) is 42.2. The summed E-state index contributed by atoms with van der Waals surface area (Å²) in [6, 6.07) is 13.1. The summed E-state index contributed by atoms with van der Waals surface area (Å²) in [5.41, 5.74) is 3.80. The van der Waals surface area contributed by atoms with Crippen molar-refractivity contribution in [2.75, 3.05) is 27.1 Å². The summed E-state index contributed by atoms with van der Waals surface area (Å²) in [6.45, 7) is 2.02. The van der Waals surface area contributed by atoms with E-state index in [1.165, 1.54) is 11.8 Å². The smallest absolute Gasteiger partial charge is 0.294 e. The molecule has 10 nitrogen and oxygen atoms in total. The monoisotopic (exact) mass is 566 g/mol. The lowest BCUT2D eigenvalue weighted by Crippen LogP contribution is -2.29. The Bertz CT molecular complexity index is 1490. The van der Waals surface area contributed by atoms with Crippen molar-refractivity contribution in [2.24, 2.45) is 0 Å². The van der Waals surface area contributed by atoms with E-state index >= 15 is 0 Å². The molecular formula is C29H30N2O8S. The molecule has 3 aromatic carbocycles. The molecule has 1 N–H and O–H groups in total. The number of nitrogens with one attached hydrogen (secondary N) is 1. The Labute approximate surface area is 235 Å². The molecule has 0 fully saturated rings. The lowest BCUT2D eigenvalue weighted by molar-refractivity contribution is -0.763. The van der Waals surface area contributed by atoms with E-state index in [0.29, 0.717) is 58.3 Å². The summed E-state index contributed by atoms with van der Waals surface area (Å²) in [6.07, 6.45) is 2.84. The quantitative estimate of drug-likeness (QED) is 0.205. The normalized spacial score (nSPS) is 13.8. The van der Waals surface area contributed by atoms with Gasteiger partial charge in [0.25, 0.3) is 11.0 Å². The van der Waals surface area contributed by atoms with Gasteiger partial charge in [0.05, 0.1) is 31.8 Å². The van der Waals surface area contributed by atoms with Gasteiger partial charge in [-0.2, -0.15) is 0 Å². The highest BCUT2D eigenvalue weighted by atomic mass is 32.2. The number of fused-ring (bicyclic) bond motifs is 3. The molecule has 1 aliphatic rings. The van der Waals surface area contributed by atoms with E-state index < -0.39 is 11.1 Å². The second-order valence-electron chi connectivity index (χ2n) is 8.94. The van der Waals surface area contributed by atoms with Gasteiger partial charge in [0.15, 0.2) is 16.9 Å². The number of hydrogen-bond donors (Lipinski definition) is 1. The fourth-order valence-corrected chi connectivity index (χ4v) is 5.34. The van der Waals surface area contributed by atoms with E-state index in [0.717, 1.165) is 16.7 Å². The van der Waals surface area contributed by atoms with Crippen LogP contribution in [0, 0.1) is 10.1 Å². The zero-order valence-electron chi connectivity index (χ0n) is 22.6. The number of rotatable bonds is 10. The van der Waals surface area contributed by atoms with Gasteiger partial charge >= 0.3 is 0 Å². The molecule has 0 aromatic heterocycles. The van der Waals surface area contributed by atoms with Gasteiger partial charge in [0, 0.05) is 11.1 Å². The Morgan fingerprint density at radius 2 is 1.90 bits per heavy atom. The molecule has 40 heavy (non-hydrogen) atoms. The highest BCUT2D eigenvalue weighted by molar-refractivity contribution is 7.98. The summed E-state index contributed by atoms with van der Waals surface area (Å²) in [7, 11) is 3.11. The van der Waals surface area contributed by atoms with E-state index in [1.807, 2.05) is 25.3 Å². The zero-order valence-corrected chi connectivity index (χ0v) is 23.5. The minimum absolute atomic E-state index is 0.152. The maximum atomic E-state index is 13.4. The largest absolute Gasteiger partial charge is 0.493 e. The molecule has 11 heteroatoms. The number of thioether (sulfide) groups is 1. The molecule has 0 spiro atoms. The molecule has 0 saturated carbocycles. The van der Waals surface area contributed by atoms with Gasteiger partial charge in [0.1, 0.15) is 6.61 Å². The van der Waals surface area contributed by atoms with Crippen molar-refractivity contribution in [3.8, 4) is 28.4 Å². The zero-order chi connectivity index (χ0) is 28.8. The average molecular weight is 567 g/mol. The molecule has 1 aliphatic carbocycles. The van der Waals surface area contributed by atoms with Gasteiger partial charge in [-0.05, 0) is 78.6 Å². The predicted octanol–water partition coefficient (Wildman–Crippen LogP) is 4.98. The Kier molecular flexibility index (Phi) is 9.15. The Morgan fingerprint density at radius 3 is 2.58 bits per heavy atom. The first-order valence-electron chi connectivity index (χ1n) is 12.6. The third-order valence-corrected chi connectivity index (χ3v) is 7.44. The first-order valence-corrected chi connectivity index (χ1v) is 13.8. The maximum absolute atomic E-state index is 13.4. The van der Waals surface area contributed by atoms with Crippen molar-refractivity contribution in [2.45, 2.75) is 37.3 Å². The second kappa shape index (κ2) is 12.7. The SMILES string of the molecule is CCOc1c2c(cc(OC)c1OC)-c1ccc(SC)c(=O)cc1[C@@H](NC(=O)c1cccc(CO[N+](=O)[O-])c1)CC2. The summed E-state index contributed by atoms with van der Waals surface area (Å²) < 4.78 is 17.4. The summed E-state index contributed by atoms with van der Waals surface area (Å²) in [5, 5.41) is 12.8. The van der Waals surface area contributed by atoms with Crippen LogP contribution in [0.15, 0.2) is 58.2 Å². The number of carbonyl (C=O) groups is 1. The highest BCUT2D eigenvalue weighted by Crippen LogP contribution is 2.49. The Hall–Kier alpha value is -4.25. The summed E-state index contributed by atoms with van der Waals surface area (Å²) >= 11 is 1.35. The van der Waals surface area contributed by atoms with Crippen LogP contribution in [0.25, 0.3) is 11.1 Å². The van der Waals surface area contributed by atoms with Crippen LogP contribution in [-0.4, -0.2) is 38.1 Å². The fraction of sp³-hybridized carbons (Fsp3) is 0.310. The van der Waals surface area contributed by atoms with E-state index in [2.05, 4.69) is 10.2 Å². The number of methoxy groups -OCH3 is 2. The van der Waals surface area contributed by atoms with Crippen LogP contribution < -0.4 is 25.0 Å². The third kappa shape index (κ3) is 5.99. The minimum atomic E-state index is -0.878. The van der Waals surface area contributed by atoms with Crippen molar-refractivity contribution in [1.29, 1.82) is 0 Å². The Balaban J connectivity index is 1.83. The van der Waals surface area contributed by atoms with Crippen LogP contribution in [0.3, 0.4) is 0 Å². The van der Waals surface area contributed by atoms with Crippen molar-refractivity contribution in [3.63, 3.8) is 0 Å². The molecular weight excluding hydrogens is 536 g/mol. The molecule has 0 radical (unpaired) electrons. The lowest BCUT2D eigenvalue weighted by Gasteiger charge is -2.19. The topological polar surface area (TPSA) is 126 Å². The molecule has 3 aromatic rings. The van der Waals surface area contributed by atoms with Crippen LogP contribution in [-0.2, 0) is 17.9 Å². The van der Waals surface area contributed by atoms with Crippen molar-refractivity contribution in [1.82, 2.24) is 5.32 Å². The van der Waals surface area contributed by atoms with E-state index in [9.17, 15) is 19.7 Å². The minimum Gasteiger partial charge on any atom is -0.493 e. The predicted molar refractivity (Wildman–Crippen MR) is 151 cm³/mol. The van der Waals surface area contributed by atoms with Crippen molar-refractivity contribution >= 4 is 17.7 Å². The number of nitrogens with zero attached hydrogens (tertiary/aromatic N) is 1. The van der Waals surface area contributed by atoms with Gasteiger partial charge < -0.3 is 24.4 Å². The first kappa shape index (κ1) is 28.8. The van der Waals surface area contributed by atoms with Gasteiger partial charge in [-0.1, -0.05) is 18.2 Å². The first-order chi connectivity index (χ1) is 19.3. The number of hydrogen-bond acceptors (Lipinski definition) is 9. The molecule has 0 aliphatic heterocycles. The van der Waals surface area contributed by atoms with Gasteiger partial charge in [-0.3, -0.25) is 9.59 Å². The molecule has 1 amide bonds. The molecule has 210 valence electrons. The molecule has 1 atom stereocenters. The maximum Gasteiger partial charge on any atom is 0.294 e. The number of ether oxygens (including phenoxy) is 3. The van der Waals surface area contributed by atoms with E-state index in [-0.39, 0.29) is 17.9 Å². The van der Waals surface area contributed by atoms with E-state index in [1.54, 1.807) is 50.6 Å². The lowest BCUT2D eigenvalue weighted by atomic mass is 9.96. The van der Waals surface area contributed by atoms with E-state index in [4.69, 9.17) is 14.2 Å². The fourth-order valence-electron chi connectivity index (χ4n) is 4.88. The molecule has 0 unspecified atom stereocenters. The van der Waals surface area contributed by atoms with Crippen LogP contribution in [0.5, 0.6) is 17.2 Å². The molecule has 4 rings (SSSR count). The second-order valence-corrected chi connectivity index (χ2v) is 9.79. The van der Waals surface area contributed by atoms with Gasteiger partial charge in [0.2, 0.25) is 5.75 Å². The molecule has 0 bridgehead atoms.